The SMILES string of the molecule is CS(=O)(=O)NCCN=C(NN)NC1CCCC1. The Balaban J connectivity index is 2.28. The molecule has 0 saturated heterocycles. The number of sulfonamides is 1. The molecule has 1 aliphatic carbocycles. The van der Waals surface area contributed by atoms with Gasteiger partial charge < -0.3 is 5.32 Å². The first kappa shape index (κ1) is 14.2. The molecule has 5 N–H and O–H groups in total. The minimum Gasteiger partial charge on any atom is -0.353 e. The summed E-state index contributed by atoms with van der Waals surface area (Å²) < 4.78 is 24.0. The predicted molar refractivity (Wildman–Crippen MR) is 67.9 cm³/mol. The first-order valence-electron chi connectivity index (χ1n) is 5.73. The zero-order chi connectivity index (χ0) is 12.7. The van der Waals surface area contributed by atoms with E-state index < -0.39 is 10.0 Å². The van der Waals surface area contributed by atoms with Crippen LogP contribution >= 0.6 is 0 Å². The van der Waals surface area contributed by atoms with Crippen molar-refractivity contribution in [2.45, 2.75) is 31.7 Å². The number of hydrogen-bond donors (Lipinski definition) is 4. The fourth-order valence-corrected chi connectivity index (χ4v) is 2.26. The van der Waals surface area contributed by atoms with Crippen LogP contribution in [0.1, 0.15) is 25.7 Å². The average Bonchev–Trinajstić information content (AvgIpc) is 2.73. The van der Waals surface area contributed by atoms with Gasteiger partial charge in [0.05, 0.1) is 12.8 Å². The normalized spacial score (nSPS) is 18.4. The van der Waals surface area contributed by atoms with E-state index >= 15 is 0 Å². The van der Waals surface area contributed by atoms with E-state index in [1.165, 1.54) is 12.8 Å². The summed E-state index contributed by atoms with van der Waals surface area (Å²) >= 11 is 0. The smallest absolute Gasteiger partial charge is 0.208 e. The van der Waals surface area contributed by atoms with Gasteiger partial charge in [-0.1, -0.05) is 12.8 Å². The van der Waals surface area contributed by atoms with Crippen LogP contribution in [-0.2, 0) is 10.0 Å². The monoisotopic (exact) mass is 263 g/mol. The lowest BCUT2D eigenvalue weighted by atomic mass is 10.2. The Labute approximate surface area is 102 Å². The molecule has 0 bridgehead atoms. The van der Waals surface area contributed by atoms with Crippen molar-refractivity contribution in [3.8, 4) is 0 Å². The van der Waals surface area contributed by atoms with Gasteiger partial charge in [-0.3, -0.25) is 10.4 Å². The Kier molecular flexibility index (Phi) is 5.66. The molecule has 1 rings (SSSR count). The van der Waals surface area contributed by atoms with Gasteiger partial charge in [0.2, 0.25) is 16.0 Å². The molecule has 0 aromatic heterocycles. The van der Waals surface area contributed by atoms with Crippen molar-refractivity contribution in [2.24, 2.45) is 10.8 Å². The van der Waals surface area contributed by atoms with E-state index in [9.17, 15) is 8.42 Å². The number of nitrogens with one attached hydrogen (secondary N) is 3. The van der Waals surface area contributed by atoms with Crippen molar-refractivity contribution in [1.29, 1.82) is 0 Å². The van der Waals surface area contributed by atoms with Crippen LogP contribution in [0.5, 0.6) is 0 Å². The molecule has 0 radical (unpaired) electrons. The maximum absolute atomic E-state index is 10.8. The van der Waals surface area contributed by atoms with Gasteiger partial charge in [0.25, 0.3) is 0 Å². The van der Waals surface area contributed by atoms with Crippen LogP contribution in [0.4, 0.5) is 0 Å². The summed E-state index contributed by atoms with van der Waals surface area (Å²) in [4.78, 5) is 4.15. The summed E-state index contributed by atoms with van der Waals surface area (Å²) in [6.07, 6.45) is 5.83. The van der Waals surface area contributed by atoms with Crippen LogP contribution in [0.25, 0.3) is 0 Å². The van der Waals surface area contributed by atoms with Crippen molar-refractivity contribution < 1.29 is 8.42 Å². The van der Waals surface area contributed by atoms with Crippen LogP contribution in [0.2, 0.25) is 0 Å². The van der Waals surface area contributed by atoms with Crippen molar-refractivity contribution in [3.63, 3.8) is 0 Å². The highest BCUT2D eigenvalue weighted by Gasteiger charge is 2.15. The molecule has 7 nitrogen and oxygen atoms in total. The quantitative estimate of drug-likeness (QED) is 0.165. The maximum atomic E-state index is 10.8. The molecule has 0 unspecified atom stereocenters. The lowest BCUT2D eigenvalue weighted by Gasteiger charge is -2.14. The zero-order valence-corrected chi connectivity index (χ0v) is 10.9. The average molecular weight is 263 g/mol. The lowest BCUT2D eigenvalue weighted by Crippen LogP contribution is -2.46. The highest BCUT2D eigenvalue weighted by atomic mass is 32.2. The molecular formula is C9H21N5O2S. The van der Waals surface area contributed by atoms with E-state index in [0.717, 1.165) is 19.1 Å². The standard InChI is InChI=1S/C9H21N5O2S/c1-17(15,16)12-7-6-11-9(14-10)13-8-4-2-3-5-8/h8,12H,2-7,10H2,1H3,(H2,11,13,14). The Morgan fingerprint density at radius 2 is 2.06 bits per heavy atom. The Hall–Kier alpha value is -0.860. The van der Waals surface area contributed by atoms with Gasteiger partial charge in [-0.15, -0.1) is 0 Å². The molecule has 0 aliphatic heterocycles. The lowest BCUT2D eigenvalue weighted by molar-refractivity contribution is 0.587. The molecule has 0 aromatic carbocycles. The molecule has 1 saturated carbocycles. The molecule has 0 spiro atoms. The third-order valence-electron chi connectivity index (χ3n) is 2.58. The van der Waals surface area contributed by atoms with Gasteiger partial charge in [-0.05, 0) is 12.8 Å². The predicted octanol–water partition coefficient (Wildman–Crippen LogP) is -1.11. The Morgan fingerprint density at radius 1 is 1.41 bits per heavy atom. The Morgan fingerprint density at radius 3 is 2.59 bits per heavy atom. The number of nitrogens with zero attached hydrogens (tertiary/aromatic N) is 1. The van der Waals surface area contributed by atoms with Gasteiger partial charge in [0.1, 0.15) is 0 Å². The second-order valence-corrected chi connectivity index (χ2v) is 6.00. The van der Waals surface area contributed by atoms with E-state index in [0.29, 0.717) is 18.5 Å². The number of hydrazine groups is 1. The van der Waals surface area contributed by atoms with Crippen LogP contribution < -0.4 is 21.3 Å². The summed E-state index contributed by atoms with van der Waals surface area (Å²) in [5.74, 6) is 5.86. The molecule has 0 heterocycles. The van der Waals surface area contributed by atoms with Crippen molar-refractivity contribution in [1.82, 2.24) is 15.5 Å². The van der Waals surface area contributed by atoms with E-state index in [1.54, 1.807) is 0 Å². The highest BCUT2D eigenvalue weighted by molar-refractivity contribution is 7.88. The van der Waals surface area contributed by atoms with Crippen LogP contribution in [0, 0.1) is 0 Å². The minimum absolute atomic E-state index is 0.274. The molecule has 1 fully saturated rings. The third-order valence-corrected chi connectivity index (χ3v) is 3.31. The van der Waals surface area contributed by atoms with Crippen LogP contribution in [0.3, 0.4) is 0 Å². The molecule has 8 heteroatoms. The Bertz CT molecular complexity index is 348. The van der Waals surface area contributed by atoms with Gasteiger partial charge in [0.15, 0.2) is 0 Å². The summed E-state index contributed by atoms with van der Waals surface area (Å²) in [6.45, 7) is 0.628. The maximum Gasteiger partial charge on any atom is 0.208 e. The fraction of sp³-hybridized carbons (Fsp3) is 0.889. The van der Waals surface area contributed by atoms with Crippen molar-refractivity contribution in [2.75, 3.05) is 19.3 Å². The van der Waals surface area contributed by atoms with Gasteiger partial charge in [-0.2, -0.15) is 0 Å². The number of hydrogen-bond acceptors (Lipinski definition) is 4. The first-order valence-corrected chi connectivity index (χ1v) is 7.62. The van der Waals surface area contributed by atoms with E-state index in [-0.39, 0.29) is 6.54 Å². The molecule has 0 atom stereocenters. The summed E-state index contributed by atoms with van der Waals surface area (Å²) in [5.41, 5.74) is 2.49. The van der Waals surface area contributed by atoms with Crippen LogP contribution in [-0.4, -0.2) is 39.8 Å². The molecule has 17 heavy (non-hydrogen) atoms. The summed E-state index contributed by atoms with van der Waals surface area (Å²) in [7, 11) is -3.14. The van der Waals surface area contributed by atoms with Crippen molar-refractivity contribution in [3.05, 3.63) is 0 Å². The van der Waals surface area contributed by atoms with E-state index in [2.05, 4.69) is 20.5 Å². The largest absolute Gasteiger partial charge is 0.353 e. The molecule has 1 aliphatic rings. The minimum atomic E-state index is -3.14. The highest BCUT2D eigenvalue weighted by Crippen LogP contribution is 2.17. The molecular weight excluding hydrogens is 242 g/mol. The topological polar surface area (TPSA) is 109 Å². The van der Waals surface area contributed by atoms with Gasteiger partial charge >= 0.3 is 0 Å². The van der Waals surface area contributed by atoms with Gasteiger partial charge in [-0.25, -0.2) is 19.0 Å². The second-order valence-electron chi connectivity index (χ2n) is 4.17. The summed E-state index contributed by atoms with van der Waals surface area (Å²) in [6, 6.07) is 0.424. The summed E-state index contributed by atoms with van der Waals surface area (Å²) in [5, 5.41) is 3.20. The fourth-order valence-electron chi connectivity index (χ4n) is 1.80. The first-order chi connectivity index (χ1) is 8.01. The molecule has 0 amide bonds. The van der Waals surface area contributed by atoms with Gasteiger partial charge in [0, 0.05) is 12.6 Å². The number of rotatable bonds is 5. The van der Waals surface area contributed by atoms with Crippen molar-refractivity contribution >= 4 is 16.0 Å². The van der Waals surface area contributed by atoms with E-state index in [1.807, 2.05) is 0 Å². The van der Waals surface area contributed by atoms with Crippen LogP contribution in [0.15, 0.2) is 4.99 Å². The second kappa shape index (κ2) is 6.77. The third kappa shape index (κ3) is 6.44. The zero-order valence-electron chi connectivity index (χ0n) is 10.1. The van der Waals surface area contributed by atoms with E-state index in [4.69, 9.17) is 5.84 Å². The number of aliphatic imine (C=N–C) groups is 1. The molecule has 100 valence electrons. The number of nitrogens with two attached hydrogens (primary N) is 1. The number of guanidine groups is 1. The molecule has 0 aromatic rings.